The summed E-state index contributed by atoms with van der Waals surface area (Å²) in [7, 11) is 0. The molecule has 0 bridgehead atoms. The van der Waals surface area contributed by atoms with Crippen molar-refractivity contribution in [2.75, 3.05) is 23.8 Å². The molecule has 2 heterocycles. The van der Waals surface area contributed by atoms with Crippen molar-refractivity contribution in [1.82, 2.24) is 10.2 Å². The van der Waals surface area contributed by atoms with Crippen molar-refractivity contribution in [3.63, 3.8) is 0 Å². The maximum Gasteiger partial charge on any atom is 0.210 e. The van der Waals surface area contributed by atoms with Crippen molar-refractivity contribution in [2.45, 2.75) is 25.3 Å². The fourth-order valence-electron chi connectivity index (χ4n) is 1.78. The molecule has 0 radical (unpaired) electrons. The largest absolute Gasteiger partial charge is 0.394 e. The van der Waals surface area contributed by atoms with E-state index >= 15 is 0 Å². The third-order valence-electron chi connectivity index (χ3n) is 2.51. The minimum atomic E-state index is 0.180. The van der Waals surface area contributed by atoms with Crippen LogP contribution in [0.25, 0.3) is 0 Å². The van der Waals surface area contributed by atoms with E-state index in [1.807, 2.05) is 0 Å². The third kappa shape index (κ3) is 1.80. The fraction of sp³-hybridized carbons (Fsp3) is 0.750. The smallest absolute Gasteiger partial charge is 0.210 e. The Hall–Kier alpha value is -0.880. The molecule has 1 saturated heterocycles. The van der Waals surface area contributed by atoms with E-state index in [-0.39, 0.29) is 12.6 Å². The van der Waals surface area contributed by atoms with Crippen LogP contribution in [-0.4, -0.2) is 34.5 Å². The first-order valence-electron chi connectivity index (χ1n) is 4.77. The summed E-state index contributed by atoms with van der Waals surface area (Å²) in [6.07, 6.45) is 3.35. The average molecular weight is 214 g/mol. The van der Waals surface area contributed by atoms with E-state index in [1.165, 1.54) is 17.8 Å². The second-order valence-corrected chi connectivity index (χ2v) is 4.44. The Morgan fingerprint density at radius 3 is 3.00 bits per heavy atom. The van der Waals surface area contributed by atoms with Gasteiger partial charge in [0.05, 0.1) is 12.6 Å². The lowest BCUT2D eigenvalue weighted by molar-refractivity contribution is 0.240. The third-order valence-corrected chi connectivity index (χ3v) is 3.30. The summed E-state index contributed by atoms with van der Waals surface area (Å²) in [5.41, 5.74) is 5.53. The van der Waals surface area contributed by atoms with E-state index in [1.54, 1.807) is 0 Å². The molecule has 1 aliphatic rings. The molecule has 0 spiro atoms. The number of nitrogen functional groups attached to an aromatic ring is 1. The predicted molar refractivity (Wildman–Crippen MR) is 56.4 cm³/mol. The molecule has 1 unspecified atom stereocenters. The highest BCUT2D eigenvalue weighted by Gasteiger charge is 2.24. The Balaban J connectivity index is 2.14. The Morgan fingerprint density at radius 2 is 2.36 bits per heavy atom. The van der Waals surface area contributed by atoms with Gasteiger partial charge in [-0.05, 0) is 19.3 Å². The van der Waals surface area contributed by atoms with Crippen LogP contribution in [0.3, 0.4) is 0 Å². The first kappa shape index (κ1) is 9.67. The minimum Gasteiger partial charge on any atom is -0.394 e. The van der Waals surface area contributed by atoms with Gasteiger partial charge in [0.1, 0.15) is 0 Å². The van der Waals surface area contributed by atoms with Crippen LogP contribution in [0.1, 0.15) is 19.3 Å². The first-order chi connectivity index (χ1) is 6.81. The normalized spacial score (nSPS) is 22.6. The number of aromatic nitrogens is 2. The molecule has 6 heteroatoms. The predicted octanol–water partition coefficient (Wildman–Crippen LogP) is 0.471. The molecular formula is C8H14N4OS. The van der Waals surface area contributed by atoms with Crippen LogP contribution in [-0.2, 0) is 0 Å². The van der Waals surface area contributed by atoms with Crippen LogP contribution in [0.4, 0.5) is 10.3 Å². The summed E-state index contributed by atoms with van der Waals surface area (Å²) in [4.78, 5) is 2.11. The van der Waals surface area contributed by atoms with Crippen molar-refractivity contribution in [3.05, 3.63) is 0 Å². The van der Waals surface area contributed by atoms with E-state index in [4.69, 9.17) is 5.73 Å². The highest BCUT2D eigenvalue weighted by Crippen LogP contribution is 2.28. The maximum absolute atomic E-state index is 9.21. The molecule has 2 rings (SSSR count). The van der Waals surface area contributed by atoms with Gasteiger partial charge < -0.3 is 15.7 Å². The highest BCUT2D eigenvalue weighted by molar-refractivity contribution is 7.18. The molecular weight excluding hydrogens is 200 g/mol. The zero-order valence-corrected chi connectivity index (χ0v) is 8.70. The lowest BCUT2D eigenvalue weighted by Crippen LogP contribution is -2.41. The molecule has 0 aromatic carbocycles. The van der Waals surface area contributed by atoms with E-state index < -0.39 is 0 Å². The Labute approximate surface area is 86.6 Å². The Kier molecular flexibility index (Phi) is 2.83. The monoisotopic (exact) mass is 214 g/mol. The Morgan fingerprint density at radius 1 is 1.50 bits per heavy atom. The number of rotatable bonds is 2. The minimum absolute atomic E-state index is 0.180. The molecule has 0 saturated carbocycles. The summed E-state index contributed by atoms with van der Waals surface area (Å²) >= 11 is 1.38. The van der Waals surface area contributed by atoms with Gasteiger partial charge in [0.2, 0.25) is 10.3 Å². The number of anilines is 2. The number of aliphatic hydroxyl groups is 1. The van der Waals surface area contributed by atoms with Crippen molar-refractivity contribution in [1.29, 1.82) is 0 Å². The van der Waals surface area contributed by atoms with Gasteiger partial charge in [-0.3, -0.25) is 0 Å². The summed E-state index contributed by atoms with van der Waals surface area (Å²) in [6, 6.07) is 0.191. The lowest BCUT2D eigenvalue weighted by Gasteiger charge is -2.33. The summed E-state index contributed by atoms with van der Waals surface area (Å²) in [6.45, 7) is 1.12. The first-order valence-corrected chi connectivity index (χ1v) is 5.59. The summed E-state index contributed by atoms with van der Waals surface area (Å²) in [5.74, 6) is 0. The van der Waals surface area contributed by atoms with E-state index in [2.05, 4.69) is 15.1 Å². The van der Waals surface area contributed by atoms with Crippen LogP contribution in [0.15, 0.2) is 0 Å². The summed E-state index contributed by atoms with van der Waals surface area (Å²) in [5, 5.41) is 18.3. The van der Waals surface area contributed by atoms with Crippen LogP contribution in [0, 0.1) is 0 Å². The van der Waals surface area contributed by atoms with Crippen molar-refractivity contribution < 1.29 is 5.11 Å². The molecule has 1 fully saturated rings. The van der Waals surface area contributed by atoms with Gasteiger partial charge in [-0.1, -0.05) is 11.3 Å². The maximum atomic E-state index is 9.21. The van der Waals surface area contributed by atoms with Gasteiger partial charge in [0.15, 0.2) is 0 Å². The molecule has 3 N–H and O–H groups in total. The SMILES string of the molecule is Nc1nnc(N2CCCCC2CO)s1. The van der Waals surface area contributed by atoms with Gasteiger partial charge in [-0.25, -0.2) is 0 Å². The summed E-state index contributed by atoms with van der Waals surface area (Å²) < 4.78 is 0. The van der Waals surface area contributed by atoms with Gasteiger partial charge in [0, 0.05) is 6.54 Å². The number of piperidine rings is 1. The quantitative estimate of drug-likeness (QED) is 0.748. The van der Waals surface area contributed by atoms with Crippen LogP contribution < -0.4 is 10.6 Å². The Bertz CT molecular complexity index is 303. The zero-order valence-electron chi connectivity index (χ0n) is 7.89. The second kappa shape index (κ2) is 4.10. The molecule has 1 aromatic heterocycles. The number of hydrogen-bond acceptors (Lipinski definition) is 6. The molecule has 1 atom stereocenters. The van der Waals surface area contributed by atoms with Crippen LogP contribution >= 0.6 is 11.3 Å². The molecule has 0 amide bonds. The van der Waals surface area contributed by atoms with Gasteiger partial charge in [0.25, 0.3) is 0 Å². The van der Waals surface area contributed by atoms with Gasteiger partial charge in [-0.2, -0.15) is 0 Å². The van der Waals surface area contributed by atoms with Gasteiger partial charge >= 0.3 is 0 Å². The molecule has 5 nitrogen and oxygen atoms in total. The zero-order chi connectivity index (χ0) is 9.97. The topological polar surface area (TPSA) is 75.3 Å². The van der Waals surface area contributed by atoms with Gasteiger partial charge in [-0.15, -0.1) is 10.2 Å². The number of aliphatic hydroxyl groups excluding tert-OH is 1. The average Bonchev–Trinajstić information content (AvgIpc) is 2.65. The molecule has 0 aliphatic carbocycles. The van der Waals surface area contributed by atoms with Crippen LogP contribution in [0.5, 0.6) is 0 Å². The standard InChI is InChI=1S/C8H14N4OS/c9-7-10-11-8(14-7)12-4-2-1-3-6(12)5-13/h6,13H,1-5H2,(H2,9,10). The fourth-order valence-corrected chi connectivity index (χ4v) is 2.49. The van der Waals surface area contributed by atoms with E-state index in [0.717, 1.165) is 24.5 Å². The van der Waals surface area contributed by atoms with E-state index in [0.29, 0.717) is 5.13 Å². The molecule has 1 aliphatic heterocycles. The molecule has 14 heavy (non-hydrogen) atoms. The lowest BCUT2D eigenvalue weighted by atomic mass is 10.0. The number of nitrogens with zero attached hydrogens (tertiary/aromatic N) is 3. The number of hydrogen-bond donors (Lipinski definition) is 2. The van der Waals surface area contributed by atoms with Crippen molar-refractivity contribution >= 4 is 21.6 Å². The highest BCUT2D eigenvalue weighted by atomic mass is 32.1. The number of nitrogens with two attached hydrogens (primary N) is 1. The van der Waals surface area contributed by atoms with Crippen molar-refractivity contribution in [2.24, 2.45) is 0 Å². The van der Waals surface area contributed by atoms with Crippen molar-refractivity contribution in [3.8, 4) is 0 Å². The second-order valence-electron chi connectivity index (χ2n) is 3.45. The molecule has 78 valence electrons. The van der Waals surface area contributed by atoms with Crippen LogP contribution in [0.2, 0.25) is 0 Å². The van der Waals surface area contributed by atoms with E-state index in [9.17, 15) is 5.11 Å². The molecule has 1 aromatic rings.